The molecule has 1 heterocycles. The molecular weight excluding hydrogens is 759 g/mol. The van der Waals surface area contributed by atoms with Crippen LogP contribution in [0.4, 0.5) is 0 Å². The summed E-state index contributed by atoms with van der Waals surface area (Å²) >= 11 is 0. The number of amides is 1. The first-order valence-corrected chi connectivity index (χ1v) is 25.5. The van der Waals surface area contributed by atoms with Crippen molar-refractivity contribution in [1.82, 2.24) is 5.32 Å². The highest BCUT2D eigenvalue weighted by molar-refractivity contribution is 5.76. The number of allylic oxidation sites excluding steroid dienone is 2. The summed E-state index contributed by atoms with van der Waals surface area (Å²) < 4.78 is 11.2. The number of hydrogen-bond acceptors (Lipinski definition) is 9. The number of rotatable bonds is 43. The van der Waals surface area contributed by atoms with E-state index in [1.54, 1.807) is 0 Å². The van der Waals surface area contributed by atoms with Crippen molar-refractivity contribution in [3.63, 3.8) is 0 Å². The summed E-state index contributed by atoms with van der Waals surface area (Å²) in [5.41, 5.74) is 0. The largest absolute Gasteiger partial charge is 0.394 e. The molecule has 356 valence electrons. The quantitative estimate of drug-likeness (QED) is 0.0233. The average molecular weight is 856 g/mol. The van der Waals surface area contributed by atoms with Crippen LogP contribution in [0.1, 0.15) is 239 Å². The van der Waals surface area contributed by atoms with Crippen LogP contribution in [-0.4, -0.2) is 98.7 Å². The molecule has 0 aliphatic carbocycles. The highest BCUT2D eigenvalue weighted by Gasteiger charge is 2.44. The van der Waals surface area contributed by atoms with Crippen LogP contribution in [0.25, 0.3) is 0 Å². The van der Waals surface area contributed by atoms with Gasteiger partial charge in [0.15, 0.2) is 6.29 Å². The van der Waals surface area contributed by atoms with E-state index in [0.29, 0.717) is 12.8 Å². The van der Waals surface area contributed by atoms with Gasteiger partial charge >= 0.3 is 0 Å². The summed E-state index contributed by atoms with van der Waals surface area (Å²) in [6.45, 7) is 3.60. The van der Waals surface area contributed by atoms with Gasteiger partial charge < -0.3 is 45.4 Å². The molecule has 60 heavy (non-hydrogen) atoms. The van der Waals surface area contributed by atoms with E-state index < -0.39 is 55.6 Å². The molecule has 1 aliphatic heterocycles. The predicted molar refractivity (Wildman–Crippen MR) is 246 cm³/mol. The third-order valence-electron chi connectivity index (χ3n) is 12.5. The first-order valence-electron chi connectivity index (χ1n) is 25.5. The molecule has 4 unspecified atom stereocenters. The monoisotopic (exact) mass is 856 g/mol. The van der Waals surface area contributed by atoms with Crippen molar-refractivity contribution in [3.05, 3.63) is 12.2 Å². The maximum atomic E-state index is 13.0. The van der Waals surface area contributed by atoms with Crippen LogP contribution in [0, 0.1) is 0 Å². The second-order valence-corrected chi connectivity index (χ2v) is 18.1. The number of nitrogens with one attached hydrogen (secondary N) is 1. The van der Waals surface area contributed by atoms with Crippen molar-refractivity contribution >= 4 is 5.91 Å². The lowest BCUT2D eigenvalue weighted by atomic mass is 9.99. The summed E-state index contributed by atoms with van der Waals surface area (Å²) in [7, 11) is 0. The van der Waals surface area contributed by atoms with Gasteiger partial charge in [0.1, 0.15) is 30.5 Å². The zero-order valence-electron chi connectivity index (χ0n) is 38.8. The van der Waals surface area contributed by atoms with Gasteiger partial charge in [0, 0.05) is 6.42 Å². The van der Waals surface area contributed by atoms with Crippen LogP contribution >= 0.6 is 0 Å². The van der Waals surface area contributed by atoms with Crippen molar-refractivity contribution < 1.29 is 44.9 Å². The summed E-state index contributed by atoms with van der Waals surface area (Å²) in [4.78, 5) is 13.0. The molecule has 1 rings (SSSR count). The standard InChI is InChI=1S/C50H97NO9/c1-3-5-7-9-11-13-15-17-18-19-20-21-22-23-24-25-26-27-29-31-33-35-37-39-45(54)51-42(41-59-50-49(58)48(57)47(56)44(40-52)60-50)46(55)43(53)38-36-34-32-30-28-16-14-12-10-8-6-4-2/h30,32,42-44,46-50,52-53,55-58H,3-29,31,33-41H2,1-2H3,(H,51,54)/b32-30-/t42?,43?,44-,46?,47-,48+,49-,50?/m1/s1. The van der Waals surface area contributed by atoms with Gasteiger partial charge in [0.25, 0.3) is 0 Å². The van der Waals surface area contributed by atoms with E-state index in [0.717, 1.165) is 38.5 Å². The van der Waals surface area contributed by atoms with Gasteiger partial charge in [0.2, 0.25) is 5.91 Å². The Labute approximate surface area is 368 Å². The van der Waals surface area contributed by atoms with Gasteiger partial charge in [-0.15, -0.1) is 0 Å². The van der Waals surface area contributed by atoms with Crippen molar-refractivity contribution in [1.29, 1.82) is 0 Å². The third kappa shape index (κ3) is 30.1. The molecule has 10 nitrogen and oxygen atoms in total. The minimum Gasteiger partial charge on any atom is -0.394 e. The van der Waals surface area contributed by atoms with E-state index in [1.807, 2.05) is 0 Å². The van der Waals surface area contributed by atoms with Crippen LogP contribution in [-0.2, 0) is 14.3 Å². The average Bonchev–Trinajstić information content (AvgIpc) is 3.25. The minimum atomic E-state index is -1.61. The first kappa shape index (κ1) is 56.9. The number of aliphatic hydroxyl groups is 6. The summed E-state index contributed by atoms with van der Waals surface area (Å²) in [6, 6.07) is -1.00. The Balaban J connectivity index is 2.28. The van der Waals surface area contributed by atoms with E-state index in [-0.39, 0.29) is 18.9 Å². The van der Waals surface area contributed by atoms with Gasteiger partial charge in [-0.1, -0.05) is 206 Å². The topological polar surface area (TPSA) is 169 Å². The van der Waals surface area contributed by atoms with Gasteiger partial charge in [0.05, 0.1) is 25.4 Å². The number of carbonyl (C=O) groups is 1. The van der Waals surface area contributed by atoms with E-state index in [4.69, 9.17) is 9.47 Å². The van der Waals surface area contributed by atoms with Gasteiger partial charge in [-0.25, -0.2) is 0 Å². The fraction of sp³-hybridized carbons (Fsp3) is 0.940. The van der Waals surface area contributed by atoms with E-state index >= 15 is 0 Å². The van der Waals surface area contributed by atoms with Crippen molar-refractivity contribution in [2.45, 2.75) is 288 Å². The fourth-order valence-electron chi connectivity index (χ4n) is 8.32. The number of aliphatic hydroxyl groups excluding tert-OH is 6. The van der Waals surface area contributed by atoms with Gasteiger partial charge in [-0.05, 0) is 38.5 Å². The zero-order valence-corrected chi connectivity index (χ0v) is 38.8. The molecule has 0 saturated carbocycles. The number of unbranched alkanes of at least 4 members (excludes halogenated alkanes) is 30. The Kier molecular flexibility index (Phi) is 38.6. The smallest absolute Gasteiger partial charge is 0.220 e. The normalized spacial score (nSPS) is 21.1. The Bertz CT molecular complexity index is 968. The predicted octanol–water partition coefficient (Wildman–Crippen LogP) is 10.3. The van der Waals surface area contributed by atoms with Crippen molar-refractivity contribution in [3.8, 4) is 0 Å². The van der Waals surface area contributed by atoms with E-state index in [2.05, 4.69) is 31.3 Å². The summed E-state index contributed by atoms with van der Waals surface area (Å²) in [5, 5.41) is 65.2. The zero-order chi connectivity index (χ0) is 43.9. The molecule has 10 heteroatoms. The second kappa shape index (κ2) is 40.7. The molecule has 0 aromatic carbocycles. The summed E-state index contributed by atoms with van der Waals surface area (Å²) in [6.07, 6.45) is 36.6. The fourth-order valence-corrected chi connectivity index (χ4v) is 8.32. The number of hydrogen-bond donors (Lipinski definition) is 7. The van der Waals surface area contributed by atoms with Gasteiger partial charge in [-0.3, -0.25) is 4.79 Å². The highest BCUT2D eigenvalue weighted by atomic mass is 16.7. The maximum absolute atomic E-state index is 13.0. The highest BCUT2D eigenvalue weighted by Crippen LogP contribution is 2.23. The number of carbonyl (C=O) groups excluding carboxylic acids is 1. The Morgan fingerprint density at radius 1 is 0.567 bits per heavy atom. The Morgan fingerprint density at radius 2 is 0.967 bits per heavy atom. The molecule has 0 radical (unpaired) electrons. The molecule has 0 spiro atoms. The minimum absolute atomic E-state index is 0.263. The maximum Gasteiger partial charge on any atom is 0.220 e. The molecule has 1 aliphatic rings. The molecule has 0 aromatic heterocycles. The van der Waals surface area contributed by atoms with E-state index in [1.165, 1.54) is 167 Å². The Hall–Kier alpha value is -1.11. The molecule has 0 bridgehead atoms. The van der Waals surface area contributed by atoms with Crippen LogP contribution in [0.3, 0.4) is 0 Å². The lowest BCUT2D eigenvalue weighted by molar-refractivity contribution is -0.303. The second-order valence-electron chi connectivity index (χ2n) is 18.1. The van der Waals surface area contributed by atoms with Crippen LogP contribution in [0.15, 0.2) is 12.2 Å². The van der Waals surface area contributed by atoms with Crippen LogP contribution in [0.5, 0.6) is 0 Å². The molecule has 1 amide bonds. The molecule has 1 saturated heterocycles. The third-order valence-corrected chi connectivity index (χ3v) is 12.5. The Morgan fingerprint density at radius 3 is 1.40 bits per heavy atom. The lowest BCUT2D eigenvalue weighted by Crippen LogP contribution is -2.60. The molecule has 1 fully saturated rings. The van der Waals surface area contributed by atoms with Gasteiger partial charge in [-0.2, -0.15) is 0 Å². The molecule has 7 N–H and O–H groups in total. The van der Waals surface area contributed by atoms with Crippen LogP contribution < -0.4 is 5.32 Å². The molecule has 8 atom stereocenters. The summed E-state index contributed by atoms with van der Waals surface area (Å²) in [5.74, 6) is -0.263. The number of ether oxygens (including phenoxy) is 2. The van der Waals surface area contributed by atoms with Crippen LogP contribution in [0.2, 0.25) is 0 Å². The van der Waals surface area contributed by atoms with E-state index in [9.17, 15) is 35.4 Å². The molecular formula is C50H97NO9. The molecule has 0 aromatic rings. The lowest BCUT2D eigenvalue weighted by Gasteiger charge is -2.40. The van der Waals surface area contributed by atoms with Crippen molar-refractivity contribution in [2.75, 3.05) is 13.2 Å². The first-order chi connectivity index (χ1) is 29.3. The van der Waals surface area contributed by atoms with Crippen molar-refractivity contribution in [2.24, 2.45) is 0 Å². The SMILES string of the molecule is CCCCCCCCC/C=C\CCCC(O)C(O)C(COC1O[C@H](CO)[C@@H](O)[C@H](O)[C@H]1O)NC(=O)CCCCCCCCCCCCCCCCCCCCCCCCC.